The van der Waals surface area contributed by atoms with Crippen LogP contribution in [-0.4, -0.2) is 35.5 Å². The lowest BCUT2D eigenvalue weighted by molar-refractivity contribution is -0.144. The first kappa shape index (κ1) is 19.1. The number of hydrogen-bond acceptors (Lipinski definition) is 5. The van der Waals surface area contributed by atoms with Gasteiger partial charge in [0.25, 0.3) is 0 Å². The summed E-state index contributed by atoms with van der Waals surface area (Å²) >= 11 is 1.33. The van der Waals surface area contributed by atoms with Crippen LogP contribution in [0, 0.1) is 0 Å². The third-order valence-electron chi connectivity index (χ3n) is 3.21. The van der Waals surface area contributed by atoms with Crippen LogP contribution in [0.5, 0.6) is 5.75 Å². The van der Waals surface area contributed by atoms with Gasteiger partial charge in [0.1, 0.15) is 10.5 Å². The van der Waals surface area contributed by atoms with Gasteiger partial charge in [-0.1, -0.05) is 12.1 Å². The van der Waals surface area contributed by atoms with Crippen molar-refractivity contribution >= 4 is 23.7 Å². The fourth-order valence-electron chi connectivity index (χ4n) is 1.86. The van der Waals surface area contributed by atoms with Gasteiger partial charge < -0.3 is 14.6 Å². The highest BCUT2D eigenvalue weighted by Crippen LogP contribution is 2.33. The van der Waals surface area contributed by atoms with Gasteiger partial charge in [-0.05, 0) is 44.5 Å². The first-order valence-electron chi connectivity index (χ1n) is 7.19. The Kier molecular flexibility index (Phi) is 7.16. The molecule has 0 fully saturated rings. The van der Waals surface area contributed by atoms with Crippen LogP contribution in [0.4, 0.5) is 0 Å². The number of carbonyl (C=O) groups excluding carboxylic acids is 1. The van der Waals surface area contributed by atoms with Crippen molar-refractivity contribution in [2.75, 3.05) is 13.7 Å². The Morgan fingerprint density at radius 2 is 1.91 bits per heavy atom. The maximum Gasteiger partial charge on any atom is 0.331 e. The zero-order valence-corrected chi connectivity index (χ0v) is 14.6. The van der Waals surface area contributed by atoms with Gasteiger partial charge in [0.05, 0.1) is 13.7 Å². The molecule has 0 aliphatic heterocycles. The number of benzene rings is 1. The number of carboxylic acids is 1. The van der Waals surface area contributed by atoms with Gasteiger partial charge in [-0.2, -0.15) is 0 Å². The van der Waals surface area contributed by atoms with Gasteiger partial charge in [0.15, 0.2) is 0 Å². The average Bonchev–Trinajstić information content (AvgIpc) is 2.53. The monoisotopic (exact) mass is 338 g/mol. The lowest BCUT2D eigenvalue weighted by Gasteiger charge is -2.24. The minimum atomic E-state index is -1.06. The molecule has 0 aliphatic rings. The van der Waals surface area contributed by atoms with Crippen LogP contribution in [0.15, 0.2) is 35.9 Å². The van der Waals surface area contributed by atoms with Crippen LogP contribution >= 0.6 is 11.8 Å². The highest BCUT2D eigenvalue weighted by atomic mass is 32.2. The molecule has 0 heterocycles. The van der Waals surface area contributed by atoms with Crippen molar-refractivity contribution in [3.63, 3.8) is 0 Å². The minimum Gasteiger partial charge on any atom is -0.497 e. The van der Waals surface area contributed by atoms with Crippen LogP contribution in [-0.2, 0) is 20.1 Å². The van der Waals surface area contributed by atoms with E-state index in [1.807, 2.05) is 24.3 Å². The maximum atomic E-state index is 12.2. The smallest absolute Gasteiger partial charge is 0.331 e. The number of carbonyl (C=O) groups is 2. The van der Waals surface area contributed by atoms with E-state index < -0.39 is 16.7 Å². The summed E-state index contributed by atoms with van der Waals surface area (Å²) in [4.78, 5) is 23.3. The standard InChI is InChI=1S/C17H22O5S/c1-5-22-16(20)17(3,10-12(2)15(18)19)23-11-13-6-8-14(21-4)9-7-13/h6-10H,5,11H2,1-4H3,(H,18,19)/b12-10+/t17-/m0/s1. The summed E-state index contributed by atoms with van der Waals surface area (Å²) in [5.74, 6) is -0.193. The van der Waals surface area contributed by atoms with Gasteiger partial charge in [-0.3, -0.25) is 4.79 Å². The molecule has 1 aromatic carbocycles. The second-order valence-corrected chi connectivity index (χ2v) is 6.52. The number of aliphatic carboxylic acids is 1. The summed E-state index contributed by atoms with van der Waals surface area (Å²) in [6.07, 6.45) is 1.45. The van der Waals surface area contributed by atoms with Crippen molar-refractivity contribution in [3.05, 3.63) is 41.5 Å². The molecule has 0 amide bonds. The summed E-state index contributed by atoms with van der Waals surface area (Å²) in [5, 5.41) is 9.06. The van der Waals surface area contributed by atoms with Gasteiger partial charge in [-0.15, -0.1) is 11.8 Å². The molecule has 1 atom stereocenters. The van der Waals surface area contributed by atoms with Gasteiger partial charge in [-0.25, -0.2) is 4.79 Å². The maximum absolute atomic E-state index is 12.2. The van der Waals surface area contributed by atoms with Crippen molar-refractivity contribution in [3.8, 4) is 5.75 Å². The molecule has 1 N–H and O–H groups in total. The molecular formula is C17H22O5S. The fraction of sp³-hybridized carbons (Fsp3) is 0.412. The van der Waals surface area contributed by atoms with Crippen LogP contribution in [0.3, 0.4) is 0 Å². The first-order chi connectivity index (χ1) is 10.8. The Labute approximate surface area is 140 Å². The highest BCUT2D eigenvalue weighted by molar-refractivity contribution is 8.00. The Morgan fingerprint density at radius 3 is 2.39 bits per heavy atom. The number of ether oxygens (including phenoxy) is 2. The number of methoxy groups -OCH3 is 1. The molecule has 1 rings (SSSR count). The fourth-order valence-corrected chi connectivity index (χ4v) is 2.96. The molecule has 23 heavy (non-hydrogen) atoms. The number of thioether (sulfide) groups is 1. The summed E-state index contributed by atoms with van der Waals surface area (Å²) in [7, 11) is 1.60. The van der Waals surface area contributed by atoms with E-state index in [2.05, 4.69) is 0 Å². The summed E-state index contributed by atoms with van der Waals surface area (Å²) < 4.78 is 9.15. The number of esters is 1. The molecule has 0 spiro atoms. The Balaban J connectivity index is 2.93. The van der Waals surface area contributed by atoms with Crippen molar-refractivity contribution in [2.45, 2.75) is 31.3 Å². The van der Waals surface area contributed by atoms with Crippen molar-refractivity contribution in [1.82, 2.24) is 0 Å². The molecule has 0 unspecified atom stereocenters. The van der Waals surface area contributed by atoms with E-state index in [1.165, 1.54) is 24.8 Å². The number of hydrogen-bond donors (Lipinski definition) is 1. The van der Waals surface area contributed by atoms with E-state index in [1.54, 1.807) is 21.0 Å². The molecule has 5 nitrogen and oxygen atoms in total. The second kappa shape index (κ2) is 8.62. The van der Waals surface area contributed by atoms with E-state index in [9.17, 15) is 9.59 Å². The normalized spacial score (nSPS) is 14.0. The lowest BCUT2D eigenvalue weighted by atomic mass is 10.1. The molecular weight excluding hydrogens is 316 g/mol. The van der Waals surface area contributed by atoms with E-state index in [4.69, 9.17) is 14.6 Å². The summed E-state index contributed by atoms with van der Waals surface area (Å²) in [6.45, 7) is 5.11. The van der Waals surface area contributed by atoms with E-state index in [-0.39, 0.29) is 12.2 Å². The summed E-state index contributed by atoms with van der Waals surface area (Å²) in [5.41, 5.74) is 1.12. The van der Waals surface area contributed by atoms with Crippen LogP contribution in [0.2, 0.25) is 0 Å². The predicted molar refractivity (Wildman–Crippen MR) is 90.7 cm³/mol. The quantitative estimate of drug-likeness (QED) is 0.579. The van der Waals surface area contributed by atoms with Crippen molar-refractivity contribution < 1.29 is 24.2 Å². The molecule has 0 aliphatic carbocycles. The zero-order valence-electron chi connectivity index (χ0n) is 13.8. The van der Waals surface area contributed by atoms with Gasteiger partial charge in [0, 0.05) is 11.3 Å². The second-order valence-electron chi connectivity index (χ2n) is 5.10. The molecule has 0 radical (unpaired) electrons. The van der Waals surface area contributed by atoms with Crippen LogP contribution < -0.4 is 4.74 Å². The van der Waals surface area contributed by atoms with Crippen molar-refractivity contribution in [2.24, 2.45) is 0 Å². The van der Waals surface area contributed by atoms with Gasteiger partial charge in [0.2, 0.25) is 0 Å². The Bertz CT molecular complexity index is 579. The first-order valence-corrected chi connectivity index (χ1v) is 8.17. The predicted octanol–water partition coefficient (Wildman–Crippen LogP) is 3.28. The minimum absolute atomic E-state index is 0.114. The molecule has 1 aromatic rings. The third-order valence-corrected chi connectivity index (χ3v) is 4.57. The molecule has 0 bridgehead atoms. The molecule has 126 valence electrons. The average molecular weight is 338 g/mol. The lowest BCUT2D eigenvalue weighted by Crippen LogP contribution is -2.32. The van der Waals surface area contributed by atoms with E-state index in [0.717, 1.165) is 11.3 Å². The van der Waals surface area contributed by atoms with Crippen LogP contribution in [0.25, 0.3) is 0 Å². The number of rotatable bonds is 8. The largest absolute Gasteiger partial charge is 0.497 e. The summed E-state index contributed by atoms with van der Waals surface area (Å²) in [6, 6.07) is 7.50. The number of carboxylic acid groups (broad SMARTS) is 1. The Hall–Kier alpha value is -1.95. The Morgan fingerprint density at radius 1 is 1.30 bits per heavy atom. The molecule has 0 aromatic heterocycles. The topological polar surface area (TPSA) is 72.8 Å². The molecule has 0 saturated carbocycles. The van der Waals surface area contributed by atoms with E-state index >= 15 is 0 Å². The third kappa shape index (κ3) is 5.63. The van der Waals surface area contributed by atoms with E-state index in [0.29, 0.717) is 5.75 Å². The molecule has 6 heteroatoms. The SMILES string of the molecule is CCOC(=O)[C@](C)(/C=C(\C)C(=O)O)SCc1ccc(OC)cc1. The zero-order chi connectivity index (χ0) is 17.5. The van der Waals surface area contributed by atoms with Crippen molar-refractivity contribution in [1.29, 1.82) is 0 Å². The highest BCUT2D eigenvalue weighted by Gasteiger charge is 2.34. The molecule has 0 saturated heterocycles. The van der Waals surface area contributed by atoms with Crippen LogP contribution in [0.1, 0.15) is 26.3 Å². The van der Waals surface area contributed by atoms with Gasteiger partial charge >= 0.3 is 11.9 Å².